The van der Waals surface area contributed by atoms with E-state index in [9.17, 15) is 52.3 Å². The minimum atomic E-state index is -5.18. The van der Waals surface area contributed by atoms with E-state index >= 15 is 0 Å². The Morgan fingerprint density at radius 1 is 0.568 bits per heavy atom. The molecular formula is C18H13F2Na3O10PS3. The van der Waals surface area contributed by atoms with Crippen molar-refractivity contribution in [1.82, 2.24) is 0 Å². The standard InChI is InChI=1S/C18H13F2O10PS3.3Na/c19-15-6-4-12(9-17(15)33(25,26)27)31(21,11-2-1-3-14(8-11)32(22,23)24)13-5-7-16(20)18(10-13)34(28,29)30;;;/h1-10H,(H,22,23,24)(H,25,26,27)(H,28,29,30);;;. The van der Waals surface area contributed by atoms with E-state index in [0.29, 0.717) is 24.3 Å². The van der Waals surface area contributed by atoms with Crippen molar-refractivity contribution >= 4 is 142 Å². The number of hydrogen-bond acceptors (Lipinski definition) is 7. The molecular weight excluding hydrogens is 610 g/mol. The van der Waals surface area contributed by atoms with Gasteiger partial charge in [0.05, 0.1) is 4.90 Å². The normalized spacial score (nSPS) is 12.0. The van der Waals surface area contributed by atoms with Crippen LogP contribution in [0.2, 0.25) is 0 Å². The van der Waals surface area contributed by atoms with Crippen LogP contribution in [0.25, 0.3) is 0 Å². The van der Waals surface area contributed by atoms with Gasteiger partial charge in [0.15, 0.2) is 7.14 Å². The van der Waals surface area contributed by atoms with Gasteiger partial charge in [-0.2, -0.15) is 25.3 Å². The quantitative estimate of drug-likeness (QED) is 0.195. The Morgan fingerprint density at radius 3 is 1.30 bits per heavy atom. The van der Waals surface area contributed by atoms with Gasteiger partial charge in [-0.25, -0.2) is 8.78 Å². The molecule has 3 aromatic carbocycles. The molecule has 0 atom stereocenters. The fourth-order valence-corrected chi connectivity index (χ4v) is 7.73. The Balaban J connectivity index is 0.00000432. The van der Waals surface area contributed by atoms with Crippen LogP contribution in [0, 0.1) is 11.6 Å². The minimum Gasteiger partial charge on any atom is -0.309 e. The predicted octanol–water partition coefficient (Wildman–Crippen LogP) is 0.202. The summed E-state index contributed by atoms with van der Waals surface area (Å²) in [6.07, 6.45) is 0. The second-order valence-corrected chi connectivity index (χ2v) is 13.7. The van der Waals surface area contributed by atoms with Gasteiger partial charge in [-0.1, -0.05) is 12.1 Å². The van der Waals surface area contributed by atoms with Gasteiger partial charge in [-0.05, 0) is 48.5 Å². The van der Waals surface area contributed by atoms with Crippen molar-refractivity contribution in [1.29, 1.82) is 0 Å². The fourth-order valence-electron chi connectivity index (χ4n) is 3.06. The molecule has 0 unspecified atom stereocenters. The molecule has 0 heterocycles. The molecule has 0 spiro atoms. The van der Waals surface area contributed by atoms with Crippen LogP contribution in [0.1, 0.15) is 0 Å². The van der Waals surface area contributed by atoms with E-state index in [4.69, 9.17) is 0 Å². The van der Waals surface area contributed by atoms with Crippen molar-refractivity contribution < 1.29 is 52.3 Å². The third-order valence-electron chi connectivity index (χ3n) is 4.59. The number of rotatable bonds is 6. The van der Waals surface area contributed by atoms with Crippen LogP contribution in [0.3, 0.4) is 0 Å². The summed E-state index contributed by atoms with van der Waals surface area (Å²) in [6.45, 7) is 0. The summed E-state index contributed by atoms with van der Waals surface area (Å²) in [5.74, 6) is -2.86. The van der Waals surface area contributed by atoms with Crippen molar-refractivity contribution in [2.75, 3.05) is 0 Å². The van der Waals surface area contributed by atoms with Crippen LogP contribution in [-0.2, 0) is 34.9 Å². The molecule has 0 aliphatic heterocycles. The summed E-state index contributed by atoms with van der Waals surface area (Å²) in [5.41, 5.74) is 0. The van der Waals surface area contributed by atoms with Crippen molar-refractivity contribution in [3.63, 3.8) is 0 Å². The molecule has 0 amide bonds. The Labute approximate surface area is 277 Å². The first kappa shape index (κ1) is 37.5. The summed E-state index contributed by atoms with van der Waals surface area (Å²) < 4.78 is 140. The maximum atomic E-state index is 14.4. The summed E-state index contributed by atoms with van der Waals surface area (Å²) >= 11 is 0. The van der Waals surface area contributed by atoms with Crippen LogP contribution < -0.4 is 15.9 Å². The fraction of sp³-hybridized carbons (Fsp3) is 0. The molecule has 3 N–H and O–H groups in total. The maximum absolute atomic E-state index is 14.4. The largest absolute Gasteiger partial charge is 0.309 e. The van der Waals surface area contributed by atoms with Crippen LogP contribution in [0.5, 0.6) is 0 Å². The molecule has 0 saturated carbocycles. The molecule has 37 heavy (non-hydrogen) atoms. The monoisotopic (exact) mass is 623 g/mol. The molecule has 10 nitrogen and oxygen atoms in total. The first-order valence-electron chi connectivity index (χ1n) is 8.69. The summed E-state index contributed by atoms with van der Waals surface area (Å²) in [4.78, 5) is -3.35. The third-order valence-corrected chi connectivity index (χ3v) is 10.2. The van der Waals surface area contributed by atoms with Crippen molar-refractivity contribution in [3.8, 4) is 0 Å². The summed E-state index contributed by atoms with van der Waals surface area (Å²) in [5, 5.41) is -1.51. The van der Waals surface area contributed by atoms with E-state index in [1.165, 1.54) is 0 Å². The molecule has 0 bridgehead atoms. The first-order chi connectivity index (χ1) is 15.5. The van der Waals surface area contributed by atoms with Gasteiger partial charge in [0.2, 0.25) is 0 Å². The molecule has 0 aliphatic carbocycles. The topological polar surface area (TPSA) is 180 Å². The van der Waals surface area contributed by atoms with E-state index in [0.717, 1.165) is 36.4 Å². The minimum absolute atomic E-state index is 0. The Kier molecular flexibility index (Phi) is 13.6. The van der Waals surface area contributed by atoms with Gasteiger partial charge in [0, 0.05) is 105 Å². The van der Waals surface area contributed by atoms with Gasteiger partial charge in [0.1, 0.15) is 21.4 Å². The van der Waals surface area contributed by atoms with Crippen molar-refractivity contribution in [2.45, 2.75) is 14.7 Å². The average Bonchev–Trinajstić information content (AvgIpc) is 2.71. The molecule has 3 aromatic rings. The maximum Gasteiger partial charge on any atom is 0.297 e. The van der Waals surface area contributed by atoms with Gasteiger partial charge < -0.3 is 4.57 Å². The van der Waals surface area contributed by atoms with Crippen LogP contribution >= 0.6 is 7.14 Å². The molecule has 3 radical (unpaired) electrons. The van der Waals surface area contributed by atoms with Crippen molar-refractivity contribution in [3.05, 3.63) is 72.3 Å². The number of benzene rings is 3. The molecule has 0 saturated heterocycles. The molecule has 0 fully saturated rings. The Morgan fingerprint density at radius 2 is 0.946 bits per heavy atom. The predicted molar refractivity (Wildman–Crippen MR) is 132 cm³/mol. The van der Waals surface area contributed by atoms with Crippen LogP contribution in [0.15, 0.2) is 75.4 Å². The van der Waals surface area contributed by atoms with Gasteiger partial charge in [-0.3, -0.25) is 13.7 Å². The first-order valence-corrected chi connectivity index (χ1v) is 14.7. The van der Waals surface area contributed by atoms with E-state index in [1.54, 1.807) is 0 Å². The summed E-state index contributed by atoms with van der Waals surface area (Å²) in [6, 6.07) is 7.42. The molecule has 3 rings (SSSR count). The number of halogens is 2. The van der Waals surface area contributed by atoms with E-state index < -0.39 is 79.7 Å². The zero-order chi connectivity index (χ0) is 25.7. The van der Waals surface area contributed by atoms with E-state index in [-0.39, 0.29) is 88.7 Å². The Bertz CT molecular complexity index is 1610. The van der Waals surface area contributed by atoms with Gasteiger partial charge >= 0.3 is 0 Å². The second-order valence-electron chi connectivity index (χ2n) is 6.76. The molecule has 19 heteroatoms. The molecule has 0 aliphatic rings. The third kappa shape index (κ3) is 8.26. The zero-order valence-corrected chi connectivity index (χ0v) is 28.7. The van der Waals surface area contributed by atoms with Gasteiger partial charge in [-0.15, -0.1) is 0 Å². The summed E-state index contributed by atoms with van der Waals surface area (Å²) in [7, 11) is -19.8. The molecule has 0 aromatic heterocycles. The van der Waals surface area contributed by atoms with Crippen LogP contribution in [-0.4, -0.2) is 128 Å². The average molecular weight is 623 g/mol. The van der Waals surface area contributed by atoms with E-state index in [2.05, 4.69) is 0 Å². The van der Waals surface area contributed by atoms with Crippen LogP contribution in [0.4, 0.5) is 8.78 Å². The Hall–Kier alpha value is 0.480. The second kappa shape index (κ2) is 13.4. The van der Waals surface area contributed by atoms with Gasteiger partial charge in [0.25, 0.3) is 30.4 Å². The smallest absolute Gasteiger partial charge is 0.297 e. The SMILES string of the molecule is O=P(c1cccc(S(=O)(=O)O)c1)(c1ccc(F)c(S(=O)(=O)O)c1)c1ccc(F)c(S(=O)(=O)O)c1.[Na].[Na].[Na]. The zero-order valence-electron chi connectivity index (χ0n) is 19.4. The van der Waals surface area contributed by atoms with Crippen molar-refractivity contribution in [2.24, 2.45) is 0 Å². The van der Waals surface area contributed by atoms with E-state index in [1.807, 2.05) is 0 Å². The number of hydrogen-bond donors (Lipinski definition) is 3. The molecule has 185 valence electrons.